The lowest BCUT2D eigenvalue weighted by Crippen LogP contribution is -2.63. The van der Waals surface area contributed by atoms with Gasteiger partial charge in [-0.15, -0.1) is 0 Å². The van der Waals surface area contributed by atoms with E-state index in [1.807, 2.05) is 38.1 Å². The fourth-order valence-electron chi connectivity index (χ4n) is 12.4. The van der Waals surface area contributed by atoms with Gasteiger partial charge in [-0.1, -0.05) is 81.6 Å². The zero-order valence-corrected chi connectivity index (χ0v) is 60.6. The molecule has 24 nitrogen and oxygen atoms in total. The number of amides is 4. The van der Waals surface area contributed by atoms with E-state index in [0.717, 1.165) is 51.8 Å². The molecule has 99 heavy (non-hydrogen) atoms. The summed E-state index contributed by atoms with van der Waals surface area (Å²) >= 11 is 13.2. The third-order valence-electron chi connectivity index (χ3n) is 18.2. The number of hydrogen-bond acceptors (Lipinski definition) is 21. The van der Waals surface area contributed by atoms with Gasteiger partial charge in [0.25, 0.3) is 0 Å². The summed E-state index contributed by atoms with van der Waals surface area (Å²) in [5.74, 6) is -0.0470. The fraction of sp³-hybridized carbons (Fsp3) is 0.529. The molecule has 0 saturated carbocycles. The number of allylic oxidation sites excluding steroid dienone is 3. The summed E-state index contributed by atoms with van der Waals surface area (Å²) in [4.78, 5) is 86.2. The van der Waals surface area contributed by atoms with Gasteiger partial charge in [-0.25, -0.2) is 23.9 Å². The quantitative estimate of drug-likeness (QED) is 0.0117. The standard InChI is InChI=1S/C70H91Cl2FN10O14S2/c1-41-11-10-12-56(91-9)70(89)39-55(95-68(88)80-70)43(3)64-69(5,97-64)57(38-60(86)82(7)53-34-45(31-41)35-54(90-8)62(53)72)96-67(87)44(4)81(6)59(85)18-29-98-99-30-28-94-27-26-93-25-24-92-23-17-58(84)75-19-20-76-65-61(66-78-51-14-13-47(71)37-52(51)79-66)63(83-21-15-49(74)16-22-83)50(40-77-65)46-32-42(2)33-48(73)36-46/h10-14,32-37,40,43-44,49,55-57,64,89H,15-31,38-39,74H2,1-9H3,(H,75,84)(H,76,77)(H,78,79)(H,80,88)/b12-10+,41-11+/t43-,44+,55?,56+,57-,64?,69-,70-/m0/s1. The molecule has 4 bridgehead atoms. The van der Waals surface area contributed by atoms with Gasteiger partial charge in [0.05, 0.1) is 87.2 Å². The number of epoxide rings is 1. The van der Waals surface area contributed by atoms with Crippen LogP contribution in [0.2, 0.25) is 10.0 Å². The molecule has 538 valence electrons. The predicted molar refractivity (Wildman–Crippen MR) is 383 cm³/mol. The Morgan fingerprint density at radius 2 is 1.70 bits per heavy atom. The third kappa shape index (κ3) is 19.9. The molecule has 29 heteroatoms. The van der Waals surface area contributed by atoms with E-state index in [2.05, 4.69) is 25.8 Å². The number of fused-ring (bicyclic) bond motifs is 6. The molecule has 4 amide bonds. The highest BCUT2D eigenvalue weighted by Crippen LogP contribution is 2.50. The Kier molecular flexibility index (Phi) is 27.2. The number of likely N-dealkylation sites (N-methyl/N-ethyl adjacent to an activating group) is 1. The molecule has 5 aromatic rings. The van der Waals surface area contributed by atoms with Crippen LogP contribution < -0.4 is 36.2 Å². The Morgan fingerprint density at radius 1 is 0.970 bits per heavy atom. The van der Waals surface area contributed by atoms with Crippen molar-refractivity contribution >= 4 is 103 Å². The number of ether oxygens (including phenoxy) is 8. The second-order valence-corrected chi connectivity index (χ2v) is 29.0. The number of rotatable bonds is 28. The van der Waals surface area contributed by atoms with Crippen LogP contribution in [0.5, 0.6) is 5.75 Å². The van der Waals surface area contributed by atoms with Gasteiger partial charge >= 0.3 is 12.1 Å². The minimum atomic E-state index is -1.87. The lowest BCUT2D eigenvalue weighted by molar-refractivity contribution is -0.162. The zero-order valence-electron chi connectivity index (χ0n) is 57.4. The van der Waals surface area contributed by atoms with E-state index in [4.69, 9.17) is 76.8 Å². The van der Waals surface area contributed by atoms with E-state index in [9.17, 15) is 33.5 Å². The van der Waals surface area contributed by atoms with Crippen LogP contribution in [0.4, 0.5) is 26.4 Å². The molecule has 0 aliphatic carbocycles. The van der Waals surface area contributed by atoms with Crippen LogP contribution >= 0.6 is 44.8 Å². The second-order valence-electron chi connectivity index (χ2n) is 25.5. The number of methoxy groups -OCH3 is 2. The zero-order chi connectivity index (χ0) is 71.1. The minimum absolute atomic E-state index is 0.0711. The molecule has 7 N–H and O–H groups in total. The number of imidazole rings is 1. The molecule has 0 spiro atoms. The number of benzene rings is 3. The number of esters is 1. The molecule has 9 rings (SSSR count). The Labute approximate surface area is 595 Å². The molecule has 4 aliphatic rings. The lowest BCUT2D eigenvalue weighted by atomic mass is 9.83. The maximum absolute atomic E-state index is 15.0. The van der Waals surface area contributed by atoms with Crippen LogP contribution in [0, 0.1) is 18.7 Å². The Balaban J connectivity index is 0.672. The van der Waals surface area contributed by atoms with E-state index < -0.39 is 65.7 Å². The van der Waals surface area contributed by atoms with Crippen LogP contribution in [0.1, 0.15) is 77.3 Å². The number of alkyl carbamates (subject to hydrolysis) is 1. The Morgan fingerprint density at radius 3 is 2.42 bits per heavy atom. The number of aliphatic hydroxyl groups is 1. The van der Waals surface area contributed by atoms with Gasteiger partial charge in [-0.05, 0) is 106 Å². The molecule has 3 fully saturated rings. The molecule has 0 radical (unpaired) electrons. The first-order valence-electron chi connectivity index (χ1n) is 33.2. The number of carbonyl (C=O) groups is 5. The minimum Gasteiger partial charge on any atom is -0.495 e. The van der Waals surface area contributed by atoms with Crippen molar-refractivity contribution in [2.24, 2.45) is 11.7 Å². The number of aromatic amines is 1. The lowest BCUT2D eigenvalue weighted by Gasteiger charge is -2.42. The predicted octanol–water partition coefficient (Wildman–Crippen LogP) is 9.59. The van der Waals surface area contributed by atoms with Crippen LogP contribution in [0.25, 0.3) is 33.5 Å². The molecule has 2 aromatic heterocycles. The first-order valence-corrected chi connectivity index (χ1v) is 36.4. The van der Waals surface area contributed by atoms with E-state index in [1.54, 1.807) is 75.2 Å². The van der Waals surface area contributed by atoms with Gasteiger partial charge in [-0.2, -0.15) is 0 Å². The van der Waals surface area contributed by atoms with Crippen molar-refractivity contribution in [2.45, 2.75) is 127 Å². The first kappa shape index (κ1) is 76.4. The van der Waals surface area contributed by atoms with Crippen molar-refractivity contribution < 1.29 is 71.4 Å². The number of nitrogens with one attached hydrogen (secondary N) is 4. The highest BCUT2D eigenvalue weighted by atomic mass is 35.5. The summed E-state index contributed by atoms with van der Waals surface area (Å²) in [6.07, 6.45) is 4.21. The maximum Gasteiger partial charge on any atom is 0.409 e. The van der Waals surface area contributed by atoms with Crippen LogP contribution in [0.3, 0.4) is 0 Å². The van der Waals surface area contributed by atoms with Crippen molar-refractivity contribution in [3.63, 3.8) is 0 Å². The Hall–Kier alpha value is -6.76. The number of nitrogens with two attached hydrogens (primary N) is 1. The highest BCUT2D eigenvalue weighted by Gasteiger charge is 2.64. The van der Waals surface area contributed by atoms with E-state index in [0.29, 0.717) is 116 Å². The number of nitrogens with zero attached hydrogens (tertiary/aromatic N) is 5. The summed E-state index contributed by atoms with van der Waals surface area (Å²) < 4.78 is 61.6. The molecule has 6 heterocycles. The van der Waals surface area contributed by atoms with Gasteiger partial charge in [-0.3, -0.25) is 19.7 Å². The van der Waals surface area contributed by atoms with Gasteiger partial charge < -0.3 is 79.1 Å². The Bertz CT molecular complexity index is 3710. The second kappa shape index (κ2) is 35.2. The van der Waals surface area contributed by atoms with Crippen molar-refractivity contribution in [3.8, 4) is 28.3 Å². The van der Waals surface area contributed by atoms with Crippen molar-refractivity contribution in [1.82, 2.24) is 30.5 Å². The molecular formula is C70H91Cl2FN10O14S2. The SMILES string of the molecule is COc1cc2cc(c1Cl)N(C)C(=O)C[C@H](OC(=O)[C@@H](C)N(C)C(=O)CCSSCCOCCOCCOCCC(=O)NCCNc1ncc(-c3cc(C)cc(F)c3)c(N3CCC(N)CC3)c1-c1nc3ccc(Cl)cc3[nH]1)[C@]1(C)OC1[C@@H](C)C1C[C@@](O)(NC(=O)O1)[C@H](OC)/C=C/C=C(\C)C2. The highest BCUT2D eigenvalue weighted by molar-refractivity contribution is 8.76. The summed E-state index contributed by atoms with van der Waals surface area (Å²) in [5.41, 5.74) is 10.5. The average Bonchev–Trinajstić information content (AvgIpc) is 1.59. The van der Waals surface area contributed by atoms with E-state index >= 15 is 0 Å². The maximum atomic E-state index is 15.0. The average molecular weight is 1450 g/mol. The summed E-state index contributed by atoms with van der Waals surface area (Å²) in [6.45, 7) is 12.8. The molecular weight excluding hydrogens is 1360 g/mol. The molecule has 3 aromatic carbocycles. The van der Waals surface area contributed by atoms with Crippen LogP contribution in [-0.2, 0) is 58.8 Å². The normalized spacial score (nSPS) is 23.3. The monoisotopic (exact) mass is 1450 g/mol. The number of anilines is 3. The van der Waals surface area contributed by atoms with Crippen LogP contribution in [-0.4, -0.2) is 208 Å². The van der Waals surface area contributed by atoms with E-state index in [-0.39, 0.29) is 61.0 Å². The first-order chi connectivity index (χ1) is 47.4. The largest absolute Gasteiger partial charge is 0.495 e. The van der Waals surface area contributed by atoms with Gasteiger partial charge in [0.1, 0.15) is 58.2 Å². The molecule has 4 aliphatic heterocycles. The third-order valence-corrected chi connectivity index (χ3v) is 21.2. The summed E-state index contributed by atoms with van der Waals surface area (Å²) in [6, 6.07) is 13.0. The van der Waals surface area contributed by atoms with Gasteiger partial charge in [0.2, 0.25) is 17.7 Å². The van der Waals surface area contributed by atoms with Crippen molar-refractivity contribution in [1.29, 1.82) is 0 Å². The number of aryl methyl sites for hydroxylation is 1. The van der Waals surface area contributed by atoms with Crippen molar-refractivity contribution in [3.05, 3.63) is 106 Å². The number of hydrogen-bond donors (Lipinski definition) is 6. The smallest absolute Gasteiger partial charge is 0.409 e. The van der Waals surface area contributed by atoms with Gasteiger partial charge in [0, 0.05) is 107 Å². The molecule has 2 unspecified atom stereocenters. The number of H-pyrrole nitrogens is 1. The number of carbonyl (C=O) groups excluding carboxylic acids is 5. The molecule has 3 saturated heterocycles. The number of aromatic nitrogens is 3. The van der Waals surface area contributed by atoms with E-state index in [1.165, 1.54) is 54.0 Å². The number of halogens is 3. The topological polar surface area (TPSA) is 296 Å². The number of piperidine rings is 1. The molecule has 8 atom stereocenters. The van der Waals surface area contributed by atoms with Crippen LogP contribution in [0.15, 0.2) is 78.5 Å². The van der Waals surface area contributed by atoms with Crippen molar-refractivity contribution in [2.75, 3.05) is 121 Å². The number of pyridine rings is 1. The fourth-order valence-corrected chi connectivity index (χ4v) is 14.8. The summed E-state index contributed by atoms with van der Waals surface area (Å²) in [7, 11) is 9.05. The summed E-state index contributed by atoms with van der Waals surface area (Å²) in [5, 5.41) is 21.6. The van der Waals surface area contributed by atoms with Gasteiger partial charge in [0.15, 0.2) is 5.72 Å².